The summed E-state index contributed by atoms with van der Waals surface area (Å²) in [6, 6.07) is 13.1. The predicted octanol–water partition coefficient (Wildman–Crippen LogP) is 2.96. The average molecular weight is 308 g/mol. The summed E-state index contributed by atoms with van der Waals surface area (Å²) in [6.45, 7) is 0.513. The van der Waals surface area contributed by atoms with E-state index in [4.69, 9.17) is 4.42 Å². The summed E-state index contributed by atoms with van der Waals surface area (Å²) in [5, 5.41) is 3.08. The summed E-state index contributed by atoms with van der Waals surface area (Å²) in [7, 11) is 1.71. The lowest BCUT2D eigenvalue weighted by Gasteiger charge is -2.16. The number of para-hydroxylation sites is 1. The maximum Gasteiger partial charge on any atom is 0.278 e. The van der Waals surface area contributed by atoms with Crippen molar-refractivity contribution in [1.82, 2.24) is 9.97 Å². The fourth-order valence-electron chi connectivity index (χ4n) is 2.06. The third-order valence-electron chi connectivity index (χ3n) is 3.34. The minimum absolute atomic E-state index is 0.207. The van der Waals surface area contributed by atoms with E-state index in [0.717, 1.165) is 11.4 Å². The highest BCUT2D eigenvalue weighted by molar-refractivity contribution is 6.04. The van der Waals surface area contributed by atoms with Gasteiger partial charge in [0.25, 0.3) is 5.91 Å². The highest BCUT2D eigenvalue weighted by atomic mass is 16.3. The molecule has 0 saturated heterocycles. The van der Waals surface area contributed by atoms with Crippen LogP contribution in [-0.4, -0.2) is 22.9 Å². The second kappa shape index (κ2) is 6.74. The van der Waals surface area contributed by atoms with Crippen LogP contribution >= 0.6 is 0 Å². The molecule has 1 N–H and O–H groups in total. The van der Waals surface area contributed by atoms with E-state index in [-0.39, 0.29) is 5.91 Å². The normalized spacial score (nSPS) is 10.3. The van der Waals surface area contributed by atoms with Crippen LogP contribution in [0.5, 0.6) is 0 Å². The average Bonchev–Trinajstić information content (AvgIpc) is 3.13. The summed E-state index contributed by atoms with van der Waals surface area (Å²) in [4.78, 5) is 22.3. The molecule has 0 unspecified atom stereocenters. The summed E-state index contributed by atoms with van der Waals surface area (Å²) in [5.74, 6) is 1.18. The van der Waals surface area contributed by atoms with Crippen LogP contribution < -0.4 is 10.2 Å². The number of anilines is 2. The van der Waals surface area contributed by atoms with Crippen LogP contribution in [0.2, 0.25) is 0 Å². The van der Waals surface area contributed by atoms with Gasteiger partial charge >= 0.3 is 0 Å². The van der Waals surface area contributed by atoms with Crippen LogP contribution in [0.4, 0.5) is 11.5 Å². The number of aromatic nitrogens is 2. The Balaban J connectivity index is 1.65. The molecule has 3 aromatic rings. The van der Waals surface area contributed by atoms with Crippen molar-refractivity contribution in [3.63, 3.8) is 0 Å². The van der Waals surface area contributed by atoms with Gasteiger partial charge in [-0.1, -0.05) is 18.2 Å². The van der Waals surface area contributed by atoms with Crippen molar-refractivity contribution in [2.24, 2.45) is 0 Å². The van der Waals surface area contributed by atoms with Crippen molar-refractivity contribution in [3.8, 4) is 0 Å². The van der Waals surface area contributed by atoms with Crippen molar-refractivity contribution < 1.29 is 9.21 Å². The molecule has 6 nitrogen and oxygen atoms in total. The highest BCUT2D eigenvalue weighted by Crippen LogP contribution is 2.14. The van der Waals surface area contributed by atoms with E-state index in [1.54, 1.807) is 18.2 Å². The molecule has 6 heteroatoms. The summed E-state index contributed by atoms with van der Waals surface area (Å²) >= 11 is 0. The lowest BCUT2D eigenvalue weighted by atomic mass is 10.3. The predicted molar refractivity (Wildman–Crippen MR) is 87.2 cm³/mol. The number of furan rings is 1. The molecule has 0 radical (unpaired) electrons. The first-order valence-corrected chi connectivity index (χ1v) is 7.15. The van der Waals surface area contributed by atoms with Gasteiger partial charge in [0.2, 0.25) is 0 Å². The molecule has 0 aliphatic carbocycles. The fourth-order valence-corrected chi connectivity index (χ4v) is 2.06. The van der Waals surface area contributed by atoms with Crippen molar-refractivity contribution in [2.45, 2.75) is 6.54 Å². The lowest BCUT2D eigenvalue weighted by Crippen LogP contribution is -2.27. The Hall–Kier alpha value is -3.15. The monoisotopic (exact) mass is 308 g/mol. The molecule has 0 atom stereocenters. The van der Waals surface area contributed by atoms with Gasteiger partial charge in [-0.25, -0.2) is 9.97 Å². The summed E-state index contributed by atoms with van der Waals surface area (Å²) in [6.07, 6.45) is 4.62. The zero-order valence-corrected chi connectivity index (χ0v) is 12.6. The number of benzene rings is 1. The Morgan fingerprint density at radius 3 is 2.61 bits per heavy atom. The van der Waals surface area contributed by atoms with Crippen LogP contribution in [0.15, 0.2) is 65.5 Å². The van der Waals surface area contributed by atoms with Gasteiger partial charge in [0, 0.05) is 12.7 Å². The molecule has 2 heterocycles. The van der Waals surface area contributed by atoms with Crippen molar-refractivity contribution >= 4 is 17.4 Å². The highest BCUT2D eigenvalue weighted by Gasteiger charge is 2.15. The molecule has 2 aromatic heterocycles. The van der Waals surface area contributed by atoms with E-state index >= 15 is 0 Å². The molecule has 1 aromatic carbocycles. The quantitative estimate of drug-likeness (QED) is 0.784. The van der Waals surface area contributed by atoms with Gasteiger partial charge in [-0.15, -0.1) is 0 Å². The number of carbonyl (C=O) groups excluding carboxylic acids is 1. The number of rotatable bonds is 5. The Bertz CT molecular complexity index is 755. The van der Waals surface area contributed by atoms with Gasteiger partial charge in [-0.2, -0.15) is 0 Å². The van der Waals surface area contributed by atoms with Gasteiger partial charge in [-0.3, -0.25) is 4.79 Å². The zero-order valence-electron chi connectivity index (χ0n) is 12.6. The van der Waals surface area contributed by atoms with E-state index < -0.39 is 0 Å². The van der Waals surface area contributed by atoms with Crippen molar-refractivity contribution in [3.05, 3.63) is 72.6 Å². The van der Waals surface area contributed by atoms with Gasteiger partial charge in [-0.05, 0) is 24.3 Å². The maximum absolute atomic E-state index is 12.4. The van der Waals surface area contributed by atoms with Crippen LogP contribution in [0.25, 0.3) is 0 Å². The van der Waals surface area contributed by atoms with E-state index in [1.165, 1.54) is 12.4 Å². The molecule has 116 valence electrons. The lowest BCUT2D eigenvalue weighted by molar-refractivity contribution is 0.0988. The fraction of sp³-hybridized carbons (Fsp3) is 0.118. The first-order chi connectivity index (χ1) is 11.2. The van der Waals surface area contributed by atoms with Gasteiger partial charge in [0.15, 0.2) is 0 Å². The minimum Gasteiger partial charge on any atom is -0.467 e. The molecule has 0 fully saturated rings. The Morgan fingerprint density at radius 2 is 1.96 bits per heavy atom. The Kier molecular flexibility index (Phi) is 4.33. The summed E-state index contributed by atoms with van der Waals surface area (Å²) in [5.41, 5.74) is 1.10. The number of carbonyl (C=O) groups is 1. The Labute approximate surface area is 133 Å². The molecule has 0 saturated carbocycles. The number of nitrogens with one attached hydrogen (secondary N) is 1. The SMILES string of the molecule is CN(C(=O)c1cnc(NCc2ccco2)cn1)c1ccccc1. The van der Waals surface area contributed by atoms with Crippen LogP contribution in [0.1, 0.15) is 16.2 Å². The molecule has 0 spiro atoms. The number of amides is 1. The van der Waals surface area contributed by atoms with Gasteiger partial charge in [0.05, 0.1) is 25.2 Å². The van der Waals surface area contributed by atoms with Crippen LogP contribution in [-0.2, 0) is 6.54 Å². The first-order valence-electron chi connectivity index (χ1n) is 7.15. The smallest absolute Gasteiger partial charge is 0.278 e. The summed E-state index contributed by atoms with van der Waals surface area (Å²) < 4.78 is 5.23. The Morgan fingerprint density at radius 1 is 1.13 bits per heavy atom. The van der Waals surface area contributed by atoms with E-state index in [0.29, 0.717) is 18.1 Å². The first kappa shape index (κ1) is 14.8. The molecule has 1 amide bonds. The largest absolute Gasteiger partial charge is 0.467 e. The zero-order chi connectivity index (χ0) is 16.1. The number of nitrogens with zero attached hydrogens (tertiary/aromatic N) is 3. The van der Waals surface area contributed by atoms with Crippen LogP contribution in [0, 0.1) is 0 Å². The minimum atomic E-state index is -0.207. The second-order valence-electron chi connectivity index (χ2n) is 4.92. The number of hydrogen-bond acceptors (Lipinski definition) is 5. The second-order valence-corrected chi connectivity index (χ2v) is 4.92. The molecule has 0 aliphatic heterocycles. The molecular formula is C17H16N4O2. The van der Waals surface area contributed by atoms with Crippen molar-refractivity contribution in [2.75, 3.05) is 17.3 Å². The maximum atomic E-state index is 12.4. The molecule has 23 heavy (non-hydrogen) atoms. The van der Waals surface area contributed by atoms with Crippen molar-refractivity contribution in [1.29, 1.82) is 0 Å². The third-order valence-corrected chi connectivity index (χ3v) is 3.34. The van der Waals surface area contributed by atoms with E-state index in [1.807, 2.05) is 42.5 Å². The molecule has 3 rings (SSSR count). The molecule has 0 bridgehead atoms. The standard InChI is InChI=1S/C17H16N4O2/c1-21(13-6-3-2-4-7-13)17(22)15-11-20-16(12-18-15)19-10-14-8-5-9-23-14/h2-9,11-12H,10H2,1H3,(H,19,20). The van der Waals surface area contributed by atoms with E-state index in [9.17, 15) is 4.79 Å². The molecule has 0 aliphatic rings. The topological polar surface area (TPSA) is 71.3 Å². The molecular weight excluding hydrogens is 292 g/mol. The number of hydrogen-bond donors (Lipinski definition) is 1. The van der Waals surface area contributed by atoms with Crippen LogP contribution in [0.3, 0.4) is 0 Å². The third kappa shape index (κ3) is 3.55. The van der Waals surface area contributed by atoms with Gasteiger partial charge in [0.1, 0.15) is 17.3 Å². The van der Waals surface area contributed by atoms with Gasteiger partial charge < -0.3 is 14.6 Å². The van der Waals surface area contributed by atoms with E-state index in [2.05, 4.69) is 15.3 Å².